The number of ether oxygens (including phenoxy) is 2. The van der Waals surface area contributed by atoms with E-state index >= 15 is 0 Å². The SMILES string of the molecule is C=S1(=O)NC(=O)c2ccc3c(c2)N(C[C@@H]2CC[C@H]2[C@@](C[C@H](C)O)(OC)/C=C/C[C@H](C)[C@H]1C)C[C@@]1(CCCc2cc(Cl)ccc21)CO3. The largest absolute Gasteiger partial charge is 0.490 e. The van der Waals surface area contributed by atoms with E-state index in [-0.39, 0.29) is 22.5 Å². The van der Waals surface area contributed by atoms with Crippen LogP contribution in [-0.4, -0.2) is 64.9 Å². The molecule has 2 aliphatic carbocycles. The molecular weight excluding hydrogens is 620 g/mol. The van der Waals surface area contributed by atoms with Crippen molar-refractivity contribution < 1.29 is 23.6 Å². The summed E-state index contributed by atoms with van der Waals surface area (Å²) in [4.78, 5) is 16.1. The fraction of sp³-hybridized carbons (Fsp3) is 0.568. The minimum Gasteiger partial charge on any atom is -0.490 e. The molecule has 2 aromatic carbocycles. The van der Waals surface area contributed by atoms with Gasteiger partial charge in [-0.25, -0.2) is 4.21 Å². The lowest BCUT2D eigenvalue weighted by atomic mass is 9.62. The maximum atomic E-state index is 13.8. The first-order valence-electron chi connectivity index (χ1n) is 16.8. The smallest absolute Gasteiger partial charge is 0.262 e. The van der Waals surface area contributed by atoms with Crippen molar-refractivity contribution in [3.63, 3.8) is 0 Å². The van der Waals surface area contributed by atoms with Crippen LogP contribution in [0.2, 0.25) is 5.02 Å². The van der Waals surface area contributed by atoms with Crippen LogP contribution in [0.25, 0.3) is 0 Å². The summed E-state index contributed by atoms with van der Waals surface area (Å²) >= 11 is 6.45. The molecule has 2 bridgehead atoms. The van der Waals surface area contributed by atoms with E-state index in [4.69, 9.17) is 21.1 Å². The molecule has 8 atom stereocenters. The van der Waals surface area contributed by atoms with Gasteiger partial charge in [0.05, 0.1) is 33.7 Å². The van der Waals surface area contributed by atoms with Gasteiger partial charge >= 0.3 is 0 Å². The molecule has 0 aromatic heterocycles. The molecule has 4 aliphatic rings. The fourth-order valence-electron chi connectivity index (χ4n) is 8.43. The van der Waals surface area contributed by atoms with E-state index in [2.05, 4.69) is 39.8 Å². The molecule has 7 nitrogen and oxygen atoms in total. The minimum absolute atomic E-state index is 0.00636. The molecule has 2 aromatic rings. The van der Waals surface area contributed by atoms with E-state index in [9.17, 15) is 14.1 Å². The van der Waals surface area contributed by atoms with Crippen LogP contribution < -0.4 is 14.4 Å². The highest BCUT2D eigenvalue weighted by atomic mass is 35.5. The van der Waals surface area contributed by atoms with E-state index in [1.54, 1.807) is 13.2 Å². The molecule has 1 saturated carbocycles. The summed E-state index contributed by atoms with van der Waals surface area (Å²) < 4.78 is 29.6. The molecule has 1 amide bonds. The van der Waals surface area contributed by atoms with Crippen LogP contribution in [-0.2, 0) is 26.3 Å². The van der Waals surface area contributed by atoms with Gasteiger partial charge in [-0.1, -0.05) is 36.7 Å². The maximum absolute atomic E-state index is 13.8. The quantitative estimate of drug-likeness (QED) is 0.293. The number of benzene rings is 2. The number of aliphatic hydroxyl groups excluding tert-OH is 1. The number of hydrogen-bond donors (Lipinski definition) is 2. The molecule has 6 rings (SSSR count). The number of rotatable bonds is 3. The van der Waals surface area contributed by atoms with Crippen LogP contribution in [0.3, 0.4) is 0 Å². The predicted octanol–water partition coefficient (Wildman–Crippen LogP) is 6.34. The Bertz CT molecular complexity index is 1610. The number of carbonyl (C=O) groups excluding carboxylic acids is 1. The Morgan fingerprint density at radius 1 is 1.24 bits per heavy atom. The molecule has 0 saturated heterocycles. The number of amides is 1. The van der Waals surface area contributed by atoms with Crippen molar-refractivity contribution in [3.05, 3.63) is 70.3 Å². The predicted molar refractivity (Wildman–Crippen MR) is 188 cm³/mol. The third-order valence-corrected chi connectivity index (χ3v) is 13.8. The summed E-state index contributed by atoms with van der Waals surface area (Å²) in [5, 5.41) is 11.1. The molecule has 250 valence electrons. The summed E-state index contributed by atoms with van der Waals surface area (Å²) in [6, 6.07) is 11.8. The Morgan fingerprint density at radius 2 is 2.04 bits per heavy atom. The number of methoxy groups -OCH3 is 1. The first kappa shape index (κ1) is 33.4. The van der Waals surface area contributed by atoms with Crippen molar-refractivity contribution in [2.24, 2.45) is 17.8 Å². The van der Waals surface area contributed by atoms with Crippen LogP contribution in [0, 0.1) is 17.8 Å². The van der Waals surface area contributed by atoms with Crippen molar-refractivity contribution in [1.82, 2.24) is 4.72 Å². The summed E-state index contributed by atoms with van der Waals surface area (Å²) in [5.41, 5.74) is 3.00. The molecule has 0 radical (unpaired) electrons. The topological polar surface area (TPSA) is 88.1 Å². The van der Waals surface area contributed by atoms with Gasteiger partial charge in [0, 0.05) is 47.9 Å². The van der Waals surface area contributed by atoms with Crippen molar-refractivity contribution in [1.29, 1.82) is 0 Å². The second kappa shape index (κ2) is 12.8. The van der Waals surface area contributed by atoms with Crippen LogP contribution in [0.15, 0.2) is 48.6 Å². The number of allylic oxidation sites excluding steroid dienone is 1. The number of fused-ring (bicyclic) bond motifs is 4. The van der Waals surface area contributed by atoms with E-state index in [0.717, 1.165) is 61.7 Å². The number of anilines is 1. The number of halogens is 1. The van der Waals surface area contributed by atoms with Crippen LogP contribution in [0.1, 0.15) is 80.8 Å². The van der Waals surface area contributed by atoms with E-state index in [0.29, 0.717) is 30.9 Å². The molecule has 2 aliphatic heterocycles. The van der Waals surface area contributed by atoms with Crippen molar-refractivity contribution >= 4 is 38.8 Å². The number of carbonyl (C=O) groups is 1. The normalized spacial score (nSPS) is 35.9. The second-order valence-electron chi connectivity index (χ2n) is 14.4. The van der Waals surface area contributed by atoms with Gasteiger partial charge in [-0.3, -0.25) is 9.52 Å². The molecule has 1 unspecified atom stereocenters. The zero-order valence-corrected chi connectivity index (χ0v) is 29.2. The first-order valence-corrected chi connectivity index (χ1v) is 18.9. The Morgan fingerprint density at radius 3 is 2.76 bits per heavy atom. The first-order chi connectivity index (χ1) is 21.9. The Kier molecular flexibility index (Phi) is 9.31. The van der Waals surface area contributed by atoms with E-state index in [1.807, 2.05) is 39.0 Å². The Balaban J connectivity index is 1.47. The molecule has 1 fully saturated rings. The zero-order chi connectivity index (χ0) is 32.9. The molecule has 2 heterocycles. The number of hydrogen-bond acceptors (Lipinski definition) is 6. The van der Waals surface area contributed by atoms with Crippen molar-refractivity contribution in [2.75, 3.05) is 31.7 Å². The van der Waals surface area contributed by atoms with E-state index < -0.39 is 27.3 Å². The van der Waals surface area contributed by atoms with Crippen LogP contribution in [0.5, 0.6) is 5.75 Å². The summed E-state index contributed by atoms with van der Waals surface area (Å²) in [6.45, 7) is 7.77. The lowest BCUT2D eigenvalue weighted by molar-refractivity contribution is -0.0960. The fourth-order valence-corrected chi connectivity index (χ4v) is 10.1. The van der Waals surface area contributed by atoms with E-state index in [1.165, 1.54) is 11.1 Å². The molecule has 9 heteroatoms. The van der Waals surface area contributed by atoms with Gasteiger partial charge in [0.15, 0.2) is 0 Å². The summed E-state index contributed by atoms with van der Waals surface area (Å²) in [5.74, 6) is 4.85. The monoisotopic (exact) mass is 668 g/mol. The van der Waals surface area contributed by atoms with Gasteiger partial charge < -0.3 is 19.5 Å². The van der Waals surface area contributed by atoms with Crippen LogP contribution >= 0.6 is 11.6 Å². The lowest BCUT2D eigenvalue weighted by Crippen LogP contribution is -2.53. The molecule has 2 N–H and O–H groups in total. The number of nitrogens with one attached hydrogen (secondary N) is 1. The number of aryl methyl sites for hydroxylation is 1. The molecular formula is C37H49ClN2O5S. The van der Waals surface area contributed by atoms with Crippen molar-refractivity contribution in [3.8, 4) is 5.75 Å². The van der Waals surface area contributed by atoms with Gasteiger partial charge in [0.2, 0.25) is 0 Å². The highest BCUT2D eigenvalue weighted by Crippen LogP contribution is 2.50. The minimum atomic E-state index is -2.96. The van der Waals surface area contributed by atoms with Gasteiger partial charge in [-0.15, -0.1) is 0 Å². The number of aliphatic hydroxyl groups is 1. The summed E-state index contributed by atoms with van der Waals surface area (Å²) in [6.07, 6.45) is 9.94. The van der Waals surface area contributed by atoms with Crippen molar-refractivity contribution in [2.45, 2.75) is 88.1 Å². The second-order valence-corrected chi connectivity index (χ2v) is 17.3. The highest BCUT2D eigenvalue weighted by Gasteiger charge is 2.49. The van der Waals surface area contributed by atoms with Crippen LogP contribution in [0.4, 0.5) is 5.69 Å². The van der Waals surface area contributed by atoms with Gasteiger partial charge in [0.1, 0.15) is 5.75 Å². The van der Waals surface area contributed by atoms with Gasteiger partial charge in [-0.2, -0.15) is 0 Å². The average molecular weight is 669 g/mol. The van der Waals surface area contributed by atoms with Gasteiger partial charge in [-0.05, 0) is 117 Å². The summed E-state index contributed by atoms with van der Waals surface area (Å²) in [7, 11) is -1.20. The highest BCUT2D eigenvalue weighted by molar-refractivity contribution is 7.99. The lowest BCUT2D eigenvalue weighted by Gasteiger charge is -2.51. The molecule has 46 heavy (non-hydrogen) atoms. The third kappa shape index (κ3) is 6.23. The number of nitrogens with zero attached hydrogens (tertiary/aromatic N) is 1. The Hall–Kier alpha value is -2.52. The third-order valence-electron chi connectivity index (χ3n) is 11.4. The van der Waals surface area contributed by atoms with Gasteiger partial charge in [0.25, 0.3) is 5.91 Å². The Labute approximate surface area is 279 Å². The maximum Gasteiger partial charge on any atom is 0.262 e. The molecule has 1 spiro atoms. The standard InChI is InChI=1S/C37H49ClN2O5S/c1-24-8-6-17-37(44-4,20-25(2)41)32-13-10-29(32)21-40-22-36(16-7-9-27-18-30(38)12-14-31(27)36)23-45-34-15-11-28(19-33(34)40)35(42)39-46(5,43)26(24)3/h6,11-12,14-15,17-19,24-26,29,32,41H,5,7-10,13,16,20-23H2,1-4H3,(H,39,42,43)/b17-6+/t24-,25-,26+,29-,32+,36-,37+,46?/m0/s1. The zero-order valence-electron chi connectivity index (χ0n) is 27.6. The average Bonchev–Trinajstić information content (AvgIpc) is 3.14.